The Morgan fingerprint density at radius 2 is 1.90 bits per heavy atom. The Morgan fingerprint density at radius 1 is 1.25 bits per heavy atom. The van der Waals surface area contributed by atoms with Gasteiger partial charge in [-0.1, -0.05) is 19.9 Å². The molecule has 0 radical (unpaired) electrons. The molecule has 1 N–H and O–H groups in total. The molecule has 0 fully saturated rings. The molecule has 0 saturated heterocycles. The summed E-state index contributed by atoms with van der Waals surface area (Å²) in [6.45, 7) is 8.29. The molecular weight excluding hydrogens is 258 g/mol. The Labute approximate surface area is 119 Å². The smallest absolute Gasteiger partial charge is 0.339 e. The standard InChI is InChI=1S/C15H21NO4/c1-4-16(5-2)9-8-12-6-7-13(15(18)19)14(10-12)20-11(3)17/h6-7,10H,4-5,8-9H2,1-3H3,(H,18,19). The van der Waals surface area contributed by atoms with E-state index >= 15 is 0 Å². The molecule has 1 rings (SSSR count). The second kappa shape index (κ2) is 7.65. The first kappa shape index (κ1) is 16.2. The first-order valence-corrected chi connectivity index (χ1v) is 6.74. The fraction of sp³-hybridized carbons (Fsp3) is 0.467. The van der Waals surface area contributed by atoms with E-state index in [1.165, 1.54) is 13.0 Å². The number of carbonyl (C=O) groups is 2. The molecule has 0 aliphatic heterocycles. The maximum absolute atomic E-state index is 11.1. The average molecular weight is 279 g/mol. The highest BCUT2D eigenvalue weighted by Crippen LogP contribution is 2.21. The summed E-state index contributed by atoms with van der Waals surface area (Å²) in [6, 6.07) is 4.88. The zero-order chi connectivity index (χ0) is 15.1. The SMILES string of the molecule is CCN(CC)CCc1ccc(C(=O)O)c(OC(C)=O)c1. The van der Waals surface area contributed by atoms with Gasteiger partial charge in [-0.25, -0.2) is 4.79 Å². The Morgan fingerprint density at radius 3 is 2.40 bits per heavy atom. The molecule has 0 heterocycles. The minimum Gasteiger partial charge on any atom is -0.478 e. The number of ether oxygens (including phenoxy) is 1. The van der Waals surface area contributed by atoms with E-state index < -0.39 is 11.9 Å². The quantitative estimate of drug-likeness (QED) is 0.612. The van der Waals surface area contributed by atoms with Crippen molar-refractivity contribution in [3.63, 3.8) is 0 Å². The van der Waals surface area contributed by atoms with E-state index in [4.69, 9.17) is 9.84 Å². The van der Waals surface area contributed by atoms with Gasteiger partial charge in [-0.3, -0.25) is 4.79 Å². The molecule has 0 aliphatic carbocycles. The van der Waals surface area contributed by atoms with Gasteiger partial charge in [0.05, 0.1) is 0 Å². The first-order valence-electron chi connectivity index (χ1n) is 6.74. The molecule has 0 bridgehead atoms. The van der Waals surface area contributed by atoms with Crippen LogP contribution < -0.4 is 4.74 Å². The summed E-state index contributed by atoms with van der Waals surface area (Å²) in [6.07, 6.45) is 0.788. The fourth-order valence-electron chi connectivity index (χ4n) is 1.97. The molecule has 0 amide bonds. The number of nitrogens with zero attached hydrogens (tertiary/aromatic N) is 1. The summed E-state index contributed by atoms with van der Waals surface area (Å²) in [5.74, 6) is -1.51. The Bertz CT molecular complexity index is 481. The molecule has 0 saturated carbocycles. The summed E-state index contributed by atoms with van der Waals surface area (Å²) in [5, 5.41) is 9.06. The van der Waals surface area contributed by atoms with Crippen LogP contribution >= 0.6 is 0 Å². The van der Waals surface area contributed by atoms with Crippen LogP contribution in [-0.4, -0.2) is 41.6 Å². The lowest BCUT2D eigenvalue weighted by molar-refractivity contribution is -0.131. The molecule has 5 heteroatoms. The molecule has 0 unspecified atom stereocenters. The summed E-state index contributed by atoms with van der Waals surface area (Å²) >= 11 is 0. The third-order valence-electron chi connectivity index (χ3n) is 3.14. The van der Waals surface area contributed by atoms with Crippen LogP contribution in [0.1, 0.15) is 36.7 Å². The van der Waals surface area contributed by atoms with Gasteiger partial charge in [-0.2, -0.15) is 0 Å². The van der Waals surface area contributed by atoms with Gasteiger partial charge >= 0.3 is 11.9 Å². The molecule has 20 heavy (non-hydrogen) atoms. The molecule has 0 aromatic heterocycles. The van der Waals surface area contributed by atoms with Gasteiger partial charge in [0.2, 0.25) is 0 Å². The van der Waals surface area contributed by atoms with E-state index in [-0.39, 0.29) is 11.3 Å². The highest BCUT2D eigenvalue weighted by atomic mass is 16.5. The van der Waals surface area contributed by atoms with Gasteiger partial charge in [0.1, 0.15) is 11.3 Å². The van der Waals surface area contributed by atoms with Crippen LogP contribution in [0.5, 0.6) is 5.75 Å². The molecule has 1 aromatic carbocycles. The minimum absolute atomic E-state index is 0.00629. The van der Waals surface area contributed by atoms with Crippen molar-refractivity contribution in [3.8, 4) is 5.75 Å². The number of benzene rings is 1. The predicted molar refractivity (Wildman–Crippen MR) is 76.2 cm³/mol. The number of likely N-dealkylation sites (N-methyl/N-ethyl adjacent to an activating group) is 1. The normalized spacial score (nSPS) is 10.6. The lowest BCUT2D eigenvalue weighted by Gasteiger charge is -2.18. The van der Waals surface area contributed by atoms with E-state index in [1.807, 2.05) is 0 Å². The van der Waals surface area contributed by atoms with Crippen LogP contribution in [0.2, 0.25) is 0 Å². The summed E-state index contributed by atoms with van der Waals surface area (Å²) < 4.78 is 4.97. The van der Waals surface area contributed by atoms with Crippen molar-refractivity contribution >= 4 is 11.9 Å². The third-order valence-corrected chi connectivity index (χ3v) is 3.14. The third kappa shape index (κ3) is 4.66. The van der Waals surface area contributed by atoms with E-state index in [0.717, 1.165) is 31.6 Å². The monoisotopic (exact) mass is 279 g/mol. The van der Waals surface area contributed by atoms with Crippen LogP contribution in [0.25, 0.3) is 0 Å². The van der Waals surface area contributed by atoms with Crippen LogP contribution in [-0.2, 0) is 11.2 Å². The zero-order valence-electron chi connectivity index (χ0n) is 12.2. The second-order valence-corrected chi connectivity index (χ2v) is 4.51. The Balaban J connectivity index is 2.88. The molecule has 110 valence electrons. The van der Waals surface area contributed by atoms with Gasteiger partial charge in [-0.05, 0) is 37.2 Å². The van der Waals surface area contributed by atoms with Crippen molar-refractivity contribution in [3.05, 3.63) is 29.3 Å². The number of carboxylic acids is 1. The number of carboxylic acid groups (broad SMARTS) is 1. The van der Waals surface area contributed by atoms with Crippen molar-refractivity contribution < 1.29 is 19.4 Å². The summed E-state index contributed by atoms with van der Waals surface area (Å²) in [7, 11) is 0. The van der Waals surface area contributed by atoms with Gasteiger partial charge in [0.15, 0.2) is 0 Å². The summed E-state index contributed by atoms with van der Waals surface area (Å²) in [5.41, 5.74) is 0.963. The van der Waals surface area contributed by atoms with E-state index in [2.05, 4.69) is 18.7 Å². The van der Waals surface area contributed by atoms with Crippen molar-refractivity contribution in [2.45, 2.75) is 27.2 Å². The number of rotatable bonds is 7. The lowest BCUT2D eigenvalue weighted by Crippen LogP contribution is -2.25. The van der Waals surface area contributed by atoms with Crippen molar-refractivity contribution in [1.29, 1.82) is 0 Å². The largest absolute Gasteiger partial charge is 0.478 e. The predicted octanol–water partition coefficient (Wildman–Crippen LogP) is 2.19. The number of esters is 1. The molecule has 0 aliphatic rings. The van der Waals surface area contributed by atoms with Gasteiger partial charge < -0.3 is 14.7 Å². The van der Waals surface area contributed by atoms with E-state index in [0.29, 0.717) is 0 Å². The van der Waals surface area contributed by atoms with Crippen molar-refractivity contribution in [1.82, 2.24) is 4.90 Å². The Hall–Kier alpha value is -1.88. The molecular formula is C15H21NO4. The fourth-order valence-corrected chi connectivity index (χ4v) is 1.97. The molecule has 1 aromatic rings. The lowest BCUT2D eigenvalue weighted by atomic mass is 10.1. The zero-order valence-corrected chi connectivity index (χ0v) is 12.2. The van der Waals surface area contributed by atoms with E-state index in [9.17, 15) is 9.59 Å². The van der Waals surface area contributed by atoms with Gasteiger partial charge in [0.25, 0.3) is 0 Å². The highest BCUT2D eigenvalue weighted by molar-refractivity contribution is 5.92. The maximum atomic E-state index is 11.1. The van der Waals surface area contributed by atoms with Crippen molar-refractivity contribution in [2.24, 2.45) is 0 Å². The number of hydrogen-bond acceptors (Lipinski definition) is 4. The van der Waals surface area contributed by atoms with Crippen molar-refractivity contribution in [2.75, 3.05) is 19.6 Å². The van der Waals surface area contributed by atoms with Crippen LogP contribution in [0, 0.1) is 0 Å². The Kier molecular flexibility index (Phi) is 6.18. The van der Waals surface area contributed by atoms with E-state index in [1.54, 1.807) is 12.1 Å². The number of carbonyl (C=O) groups excluding carboxylic acids is 1. The second-order valence-electron chi connectivity index (χ2n) is 4.51. The van der Waals surface area contributed by atoms with Gasteiger partial charge in [-0.15, -0.1) is 0 Å². The number of aromatic carboxylic acids is 1. The average Bonchev–Trinajstić information content (AvgIpc) is 2.39. The van der Waals surface area contributed by atoms with Crippen LogP contribution in [0.4, 0.5) is 0 Å². The molecule has 5 nitrogen and oxygen atoms in total. The highest BCUT2D eigenvalue weighted by Gasteiger charge is 2.14. The first-order chi connectivity index (χ1) is 9.47. The van der Waals surface area contributed by atoms with Gasteiger partial charge in [0, 0.05) is 13.5 Å². The topological polar surface area (TPSA) is 66.8 Å². The van der Waals surface area contributed by atoms with Crippen LogP contribution in [0.15, 0.2) is 18.2 Å². The molecule has 0 atom stereocenters. The number of hydrogen-bond donors (Lipinski definition) is 1. The maximum Gasteiger partial charge on any atom is 0.339 e. The molecule has 0 spiro atoms. The summed E-state index contributed by atoms with van der Waals surface area (Å²) in [4.78, 5) is 24.4. The van der Waals surface area contributed by atoms with Crippen LogP contribution in [0.3, 0.4) is 0 Å². The minimum atomic E-state index is -1.10.